The molecule has 0 fully saturated rings. The minimum absolute atomic E-state index is 0.00785. The predicted molar refractivity (Wildman–Crippen MR) is 91.0 cm³/mol. The molecule has 0 bridgehead atoms. The molecular weight excluding hydrogens is 332 g/mol. The number of carbonyl (C=O) groups is 1. The van der Waals surface area contributed by atoms with Crippen LogP contribution in [0, 0.1) is 10.1 Å². The molecule has 2 aromatic rings. The Balaban J connectivity index is 2.30. The molecule has 24 heavy (non-hydrogen) atoms. The molecule has 0 saturated carbocycles. The van der Waals surface area contributed by atoms with Crippen LogP contribution in [0.2, 0.25) is 5.02 Å². The van der Waals surface area contributed by atoms with Gasteiger partial charge in [-0.25, -0.2) is 4.99 Å². The van der Waals surface area contributed by atoms with Crippen LogP contribution in [0.3, 0.4) is 0 Å². The summed E-state index contributed by atoms with van der Waals surface area (Å²) in [6.45, 7) is 1.27. The van der Waals surface area contributed by atoms with Crippen LogP contribution >= 0.6 is 11.6 Å². The van der Waals surface area contributed by atoms with E-state index in [0.717, 1.165) is 0 Å². The van der Waals surface area contributed by atoms with E-state index in [9.17, 15) is 20.0 Å². The average molecular weight is 343 g/mol. The number of hydrogen-bond acceptors (Lipinski definition) is 5. The van der Waals surface area contributed by atoms with Gasteiger partial charge in [-0.05, 0) is 25.1 Å². The van der Waals surface area contributed by atoms with Gasteiger partial charge >= 0.3 is 0 Å². The summed E-state index contributed by atoms with van der Waals surface area (Å²) < 4.78 is 0. The third kappa shape index (κ3) is 2.57. The summed E-state index contributed by atoms with van der Waals surface area (Å²) >= 11 is 5.94. The van der Waals surface area contributed by atoms with Gasteiger partial charge in [0.15, 0.2) is 5.78 Å². The number of Topliss-reactive ketones (excluding diaryl/α,β-unsaturated/α-hetero) is 1. The number of benzene rings is 2. The van der Waals surface area contributed by atoms with Crippen molar-refractivity contribution in [1.29, 1.82) is 0 Å². The predicted octanol–water partition coefficient (Wildman–Crippen LogP) is 4.24. The lowest BCUT2D eigenvalue weighted by atomic mass is 10.0. The number of aliphatic imine (C=N–C) groups is 1. The topological polar surface area (TPSA) is 92.8 Å². The van der Waals surface area contributed by atoms with E-state index in [1.165, 1.54) is 19.1 Å². The Bertz CT molecular complexity index is 947. The molecule has 0 radical (unpaired) electrons. The van der Waals surface area contributed by atoms with Gasteiger partial charge in [-0.3, -0.25) is 14.9 Å². The molecule has 1 aliphatic carbocycles. The molecule has 2 aromatic carbocycles. The molecular formula is C17H11ClN2O4. The van der Waals surface area contributed by atoms with Crippen molar-refractivity contribution in [2.75, 3.05) is 0 Å². The molecule has 7 heteroatoms. The largest absolute Gasteiger partial charge is 0.506 e. The fourth-order valence-electron chi connectivity index (χ4n) is 2.63. The maximum Gasteiger partial charge on any atom is 0.281 e. The van der Waals surface area contributed by atoms with E-state index in [1.54, 1.807) is 30.3 Å². The number of nitro benzene ring substituents is 1. The molecule has 1 aliphatic rings. The number of ketones is 1. The fraction of sp³-hybridized carbons (Fsp3) is 0.0588. The summed E-state index contributed by atoms with van der Waals surface area (Å²) in [5, 5.41) is 22.1. The zero-order valence-corrected chi connectivity index (χ0v) is 13.2. The maximum atomic E-state index is 12.0. The Morgan fingerprint density at radius 2 is 1.96 bits per heavy atom. The second kappa shape index (κ2) is 5.90. The molecule has 0 atom stereocenters. The van der Waals surface area contributed by atoms with Crippen LogP contribution in [-0.2, 0) is 4.79 Å². The Kier molecular flexibility index (Phi) is 3.91. The number of rotatable bonds is 3. The first kappa shape index (κ1) is 15.9. The van der Waals surface area contributed by atoms with Crippen molar-refractivity contribution in [3.8, 4) is 0 Å². The molecule has 0 unspecified atom stereocenters. The van der Waals surface area contributed by atoms with E-state index in [-0.39, 0.29) is 22.5 Å². The second-order valence-electron chi connectivity index (χ2n) is 5.18. The summed E-state index contributed by atoms with van der Waals surface area (Å²) in [4.78, 5) is 27.0. The molecule has 0 saturated heterocycles. The van der Waals surface area contributed by atoms with Crippen LogP contribution in [0.15, 0.2) is 53.0 Å². The van der Waals surface area contributed by atoms with E-state index in [4.69, 9.17) is 11.6 Å². The number of fused-ring (bicyclic) bond motifs is 1. The second-order valence-corrected chi connectivity index (χ2v) is 5.61. The van der Waals surface area contributed by atoms with E-state index in [2.05, 4.69) is 4.99 Å². The van der Waals surface area contributed by atoms with Crippen LogP contribution in [0.25, 0.3) is 5.76 Å². The minimum atomic E-state index is -0.602. The number of allylic oxidation sites excluding steroid dienone is 1. The summed E-state index contributed by atoms with van der Waals surface area (Å²) in [6, 6.07) is 11.0. The normalized spacial score (nSPS) is 14.8. The van der Waals surface area contributed by atoms with Gasteiger partial charge in [0.25, 0.3) is 5.69 Å². The molecule has 0 amide bonds. The monoisotopic (exact) mass is 342 g/mol. The van der Waals surface area contributed by atoms with Gasteiger partial charge in [0.2, 0.25) is 0 Å². The quantitative estimate of drug-likeness (QED) is 0.666. The van der Waals surface area contributed by atoms with E-state index < -0.39 is 16.5 Å². The van der Waals surface area contributed by atoms with Gasteiger partial charge in [0, 0.05) is 16.7 Å². The van der Waals surface area contributed by atoms with Crippen molar-refractivity contribution in [3.05, 3.63) is 74.3 Å². The van der Waals surface area contributed by atoms with Gasteiger partial charge in [0.1, 0.15) is 11.3 Å². The number of nitro groups is 1. The lowest BCUT2D eigenvalue weighted by Crippen LogP contribution is -2.08. The number of halogens is 1. The lowest BCUT2D eigenvalue weighted by molar-refractivity contribution is -0.385. The SMILES string of the molecule is CC(=O)C1=C(O)c2c(cccc2[N+](=O)[O-])C1=Nc1cccc(Cl)c1. The summed E-state index contributed by atoms with van der Waals surface area (Å²) in [7, 11) is 0. The van der Waals surface area contributed by atoms with Crippen LogP contribution < -0.4 is 0 Å². The molecule has 1 N–H and O–H groups in total. The zero-order chi connectivity index (χ0) is 17.4. The van der Waals surface area contributed by atoms with Crippen LogP contribution in [-0.4, -0.2) is 21.5 Å². The first-order valence-electron chi connectivity index (χ1n) is 6.97. The number of aliphatic hydroxyl groups is 1. The molecule has 120 valence electrons. The Morgan fingerprint density at radius 3 is 2.58 bits per heavy atom. The summed E-state index contributed by atoms with van der Waals surface area (Å²) in [5.41, 5.74) is 0.698. The number of carbonyl (C=O) groups excluding carboxylic acids is 1. The Morgan fingerprint density at radius 1 is 1.25 bits per heavy atom. The minimum Gasteiger partial charge on any atom is -0.506 e. The van der Waals surface area contributed by atoms with E-state index in [1.807, 2.05) is 0 Å². The van der Waals surface area contributed by atoms with Crippen LogP contribution in [0.4, 0.5) is 11.4 Å². The molecule has 6 nitrogen and oxygen atoms in total. The average Bonchev–Trinajstić information content (AvgIpc) is 2.80. The van der Waals surface area contributed by atoms with E-state index >= 15 is 0 Å². The van der Waals surface area contributed by atoms with E-state index in [0.29, 0.717) is 16.3 Å². The van der Waals surface area contributed by atoms with Crippen molar-refractivity contribution in [3.63, 3.8) is 0 Å². The molecule has 3 rings (SSSR count). The highest BCUT2D eigenvalue weighted by molar-refractivity contribution is 6.37. The first-order chi connectivity index (χ1) is 11.4. The highest BCUT2D eigenvalue weighted by atomic mass is 35.5. The standard InChI is InChI=1S/C17H11ClN2O4/c1-9(21)14-16(19-11-5-2-4-10(18)8-11)12-6-3-7-13(20(23)24)15(12)17(14)22/h2-8,22H,1H3. The third-order valence-corrected chi connectivity index (χ3v) is 3.84. The van der Waals surface area contributed by atoms with Crippen molar-refractivity contribution in [1.82, 2.24) is 0 Å². The van der Waals surface area contributed by atoms with Gasteiger partial charge in [-0.1, -0.05) is 29.8 Å². The maximum absolute atomic E-state index is 12.0. The molecule has 0 spiro atoms. The Hall–Kier alpha value is -2.99. The fourth-order valence-corrected chi connectivity index (χ4v) is 2.82. The first-order valence-corrected chi connectivity index (χ1v) is 7.35. The van der Waals surface area contributed by atoms with Crippen molar-refractivity contribution in [2.45, 2.75) is 6.92 Å². The third-order valence-electron chi connectivity index (χ3n) is 3.61. The van der Waals surface area contributed by atoms with Crippen molar-refractivity contribution >= 4 is 40.2 Å². The van der Waals surface area contributed by atoms with Crippen LogP contribution in [0.5, 0.6) is 0 Å². The molecule has 0 aromatic heterocycles. The number of aliphatic hydroxyl groups excluding tert-OH is 1. The molecule has 0 aliphatic heterocycles. The van der Waals surface area contributed by atoms with Gasteiger partial charge in [0.05, 0.1) is 21.9 Å². The van der Waals surface area contributed by atoms with Gasteiger partial charge < -0.3 is 5.11 Å². The number of hydrogen-bond donors (Lipinski definition) is 1. The number of nitrogens with zero attached hydrogens (tertiary/aromatic N) is 2. The smallest absolute Gasteiger partial charge is 0.281 e. The van der Waals surface area contributed by atoms with Crippen molar-refractivity contribution < 1.29 is 14.8 Å². The molecule has 0 heterocycles. The highest BCUT2D eigenvalue weighted by Crippen LogP contribution is 2.39. The van der Waals surface area contributed by atoms with Crippen molar-refractivity contribution in [2.24, 2.45) is 4.99 Å². The zero-order valence-electron chi connectivity index (χ0n) is 12.5. The Labute approximate surface area is 141 Å². The summed E-state index contributed by atoms with van der Waals surface area (Å²) in [5.74, 6) is -0.857. The highest BCUT2D eigenvalue weighted by Gasteiger charge is 2.36. The lowest BCUT2D eigenvalue weighted by Gasteiger charge is -2.04. The summed E-state index contributed by atoms with van der Waals surface area (Å²) in [6.07, 6.45) is 0. The van der Waals surface area contributed by atoms with Crippen LogP contribution in [0.1, 0.15) is 18.1 Å². The van der Waals surface area contributed by atoms with Gasteiger partial charge in [-0.2, -0.15) is 0 Å². The van der Waals surface area contributed by atoms with Gasteiger partial charge in [-0.15, -0.1) is 0 Å².